The second-order valence-electron chi connectivity index (χ2n) is 2.82. The smallest absolute Gasteiger partial charge is 0.0701 e. The maximum atomic E-state index is 3.82. The highest BCUT2D eigenvalue weighted by molar-refractivity contribution is 9.11. The minimum atomic E-state index is 0.896. The lowest BCUT2D eigenvalue weighted by atomic mass is 10.3. The topological polar surface area (TPSA) is 12.0 Å². The van der Waals surface area contributed by atoms with Gasteiger partial charge in [0.2, 0.25) is 0 Å². The van der Waals surface area contributed by atoms with Crippen molar-refractivity contribution in [2.75, 3.05) is 6.54 Å². The second kappa shape index (κ2) is 4.80. The lowest BCUT2D eigenvalue weighted by Gasteiger charge is -2.00. The van der Waals surface area contributed by atoms with Crippen LogP contribution >= 0.6 is 27.3 Å². The minimum Gasteiger partial charge on any atom is -0.309 e. The van der Waals surface area contributed by atoms with Gasteiger partial charge in [-0.25, -0.2) is 0 Å². The second-order valence-corrected chi connectivity index (χ2v) is 5.11. The van der Waals surface area contributed by atoms with Gasteiger partial charge in [0, 0.05) is 13.1 Å². The van der Waals surface area contributed by atoms with E-state index < -0.39 is 0 Å². The summed E-state index contributed by atoms with van der Waals surface area (Å²) in [6.07, 6.45) is 0. The summed E-state index contributed by atoms with van der Waals surface area (Å²) >= 11 is 5.14. The van der Waals surface area contributed by atoms with E-state index in [1.807, 2.05) is 6.92 Å². The third kappa shape index (κ3) is 3.52. The van der Waals surface area contributed by atoms with Gasteiger partial charge in [0.1, 0.15) is 0 Å². The van der Waals surface area contributed by atoms with E-state index in [4.69, 9.17) is 0 Å². The molecule has 3 heteroatoms. The number of halogens is 1. The largest absolute Gasteiger partial charge is 0.309 e. The summed E-state index contributed by atoms with van der Waals surface area (Å²) in [6, 6.07) is 2.14. The van der Waals surface area contributed by atoms with Crippen LogP contribution in [0.5, 0.6) is 0 Å². The highest BCUT2D eigenvalue weighted by Gasteiger charge is 1.95. The summed E-state index contributed by atoms with van der Waals surface area (Å²) in [5.41, 5.74) is 2.50. The average molecular weight is 246 g/mol. The zero-order valence-electron chi connectivity index (χ0n) is 7.06. The Bertz CT molecular complexity index is 267. The van der Waals surface area contributed by atoms with E-state index in [0.29, 0.717) is 0 Å². The van der Waals surface area contributed by atoms with Crippen LogP contribution in [0.15, 0.2) is 27.4 Å². The molecule has 1 heterocycles. The third-order valence-corrected chi connectivity index (χ3v) is 2.93. The summed E-state index contributed by atoms with van der Waals surface area (Å²) in [6.45, 7) is 7.67. The molecule has 0 bridgehead atoms. The van der Waals surface area contributed by atoms with E-state index in [9.17, 15) is 0 Å². The Labute approximate surface area is 85.6 Å². The van der Waals surface area contributed by atoms with Gasteiger partial charge in [-0.1, -0.05) is 12.2 Å². The molecule has 12 heavy (non-hydrogen) atoms. The fourth-order valence-electron chi connectivity index (χ4n) is 0.859. The molecule has 1 N–H and O–H groups in total. The molecule has 0 amide bonds. The quantitative estimate of drug-likeness (QED) is 0.804. The van der Waals surface area contributed by atoms with E-state index in [2.05, 4.69) is 39.3 Å². The van der Waals surface area contributed by atoms with Gasteiger partial charge in [-0.2, -0.15) is 0 Å². The number of rotatable bonds is 4. The van der Waals surface area contributed by atoms with Gasteiger partial charge in [0.05, 0.1) is 3.79 Å². The maximum Gasteiger partial charge on any atom is 0.0701 e. The Morgan fingerprint density at radius 3 is 3.00 bits per heavy atom. The zero-order valence-corrected chi connectivity index (χ0v) is 9.46. The van der Waals surface area contributed by atoms with Crippen molar-refractivity contribution in [3.05, 3.63) is 32.9 Å². The molecule has 0 saturated carbocycles. The van der Waals surface area contributed by atoms with Crippen molar-refractivity contribution in [1.82, 2.24) is 5.32 Å². The van der Waals surface area contributed by atoms with E-state index in [1.54, 1.807) is 11.3 Å². The van der Waals surface area contributed by atoms with Crippen LogP contribution in [0, 0.1) is 0 Å². The van der Waals surface area contributed by atoms with E-state index in [-0.39, 0.29) is 0 Å². The van der Waals surface area contributed by atoms with Crippen molar-refractivity contribution in [3.8, 4) is 0 Å². The first-order valence-corrected chi connectivity index (χ1v) is 5.44. The Hall–Kier alpha value is -0.120. The van der Waals surface area contributed by atoms with Crippen LogP contribution in [0.4, 0.5) is 0 Å². The van der Waals surface area contributed by atoms with E-state index in [0.717, 1.165) is 13.1 Å². The molecule has 0 aliphatic rings. The van der Waals surface area contributed by atoms with E-state index in [1.165, 1.54) is 14.9 Å². The monoisotopic (exact) mass is 245 g/mol. The molecule has 1 aromatic heterocycles. The molecule has 1 nitrogen and oxygen atoms in total. The van der Waals surface area contributed by atoms with Crippen LogP contribution in [0.25, 0.3) is 0 Å². The van der Waals surface area contributed by atoms with Crippen molar-refractivity contribution in [1.29, 1.82) is 0 Å². The highest BCUT2D eigenvalue weighted by Crippen LogP contribution is 2.20. The standard InChI is InChI=1S/C9H12BrNS/c1-7(2)4-11-5-8-3-9(10)12-6-8/h3,6,11H,1,4-5H2,2H3. The van der Waals surface area contributed by atoms with Crippen LogP contribution in [-0.4, -0.2) is 6.54 Å². The predicted octanol–water partition coefficient (Wildman–Crippen LogP) is 3.18. The first kappa shape index (κ1) is 9.96. The van der Waals surface area contributed by atoms with Crippen LogP contribution in [0.1, 0.15) is 12.5 Å². The molecule has 0 saturated heterocycles. The molecule has 1 rings (SSSR count). The van der Waals surface area contributed by atoms with Gasteiger partial charge in [-0.05, 0) is 39.9 Å². The van der Waals surface area contributed by atoms with Crippen molar-refractivity contribution in [2.24, 2.45) is 0 Å². The molecular weight excluding hydrogens is 234 g/mol. The molecule has 66 valence electrons. The van der Waals surface area contributed by atoms with Gasteiger partial charge in [0.15, 0.2) is 0 Å². The molecule has 0 aliphatic heterocycles. The normalized spacial score (nSPS) is 10.2. The zero-order chi connectivity index (χ0) is 8.97. The third-order valence-electron chi connectivity index (χ3n) is 1.38. The maximum absolute atomic E-state index is 3.82. The van der Waals surface area contributed by atoms with Gasteiger partial charge in [-0.3, -0.25) is 0 Å². The van der Waals surface area contributed by atoms with Crippen molar-refractivity contribution in [2.45, 2.75) is 13.5 Å². The molecule has 0 aromatic carbocycles. The molecule has 0 aliphatic carbocycles. The number of hydrogen-bond donors (Lipinski definition) is 1. The fraction of sp³-hybridized carbons (Fsp3) is 0.333. The fourth-order valence-corrected chi connectivity index (χ4v) is 2.07. The summed E-state index contributed by atoms with van der Waals surface area (Å²) in [7, 11) is 0. The minimum absolute atomic E-state index is 0.896. The Balaban J connectivity index is 2.29. The van der Waals surface area contributed by atoms with Crippen LogP contribution in [-0.2, 0) is 6.54 Å². The molecule has 0 fully saturated rings. The van der Waals surface area contributed by atoms with Crippen molar-refractivity contribution < 1.29 is 0 Å². The Morgan fingerprint density at radius 2 is 2.50 bits per heavy atom. The molecule has 0 spiro atoms. The van der Waals surface area contributed by atoms with Gasteiger partial charge < -0.3 is 5.32 Å². The molecule has 0 unspecified atom stereocenters. The van der Waals surface area contributed by atoms with E-state index >= 15 is 0 Å². The summed E-state index contributed by atoms with van der Waals surface area (Å²) < 4.78 is 1.19. The van der Waals surface area contributed by atoms with Crippen molar-refractivity contribution >= 4 is 27.3 Å². The molecule has 0 radical (unpaired) electrons. The molecular formula is C9H12BrNS. The van der Waals surface area contributed by atoms with Gasteiger partial charge in [0.25, 0.3) is 0 Å². The Kier molecular flexibility index (Phi) is 3.98. The highest BCUT2D eigenvalue weighted by atomic mass is 79.9. The lowest BCUT2D eigenvalue weighted by molar-refractivity contribution is 0.743. The summed E-state index contributed by atoms with van der Waals surface area (Å²) in [5, 5.41) is 5.45. The van der Waals surface area contributed by atoms with Gasteiger partial charge >= 0.3 is 0 Å². The van der Waals surface area contributed by atoms with Crippen LogP contribution < -0.4 is 5.32 Å². The number of hydrogen-bond acceptors (Lipinski definition) is 2. The lowest BCUT2D eigenvalue weighted by Crippen LogP contribution is -2.14. The number of nitrogens with one attached hydrogen (secondary N) is 1. The Morgan fingerprint density at radius 1 is 1.75 bits per heavy atom. The summed E-state index contributed by atoms with van der Waals surface area (Å²) in [5.74, 6) is 0. The van der Waals surface area contributed by atoms with Crippen molar-refractivity contribution in [3.63, 3.8) is 0 Å². The number of thiophene rings is 1. The average Bonchev–Trinajstić information content (AvgIpc) is 2.35. The SMILES string of the molecule is C=C(C)CNCc1csc(Br)c1. The molecule has 1 aromatic rings. The summed E-state index contributed by atoms with van der Waals surface area (Å²) in [4.78, 5) is 0. The first-order valence-electron chi connectivity index (χ1n) is 3.76. The first-order chi connectivity index (χ1) is 5.68. The van der Waals surface area contributed by atoms with Crippen LogP contribution in [0.2, 0.25) is 0 Å². The van der Waals surface area contributed by atoms with Gasteiger partial charge in [-0.15, -0.1) is 11.3 Å². The predicted molar refractivity (Wildman–Crippen MR) is 58.5 cm³/mol. The molecule has 0 atom stereocenters. The van der Waals surface area contributed by atoms with Crippen LogP contribution in [0.3, 0.4) is 0 Å².